The van der Waals surface area contributed by atoms with Gasteiger partial charge in [0, 0.05) is 14.2 Å². The molecule has 0 fully saturated rings. The van der Waals surface area contributed by atoms with E-state index in [-0.39, 0.29) is 12.2 Å². The van der Waals surface area contributed by atoms with Gasteiger partial charge in [-0.15, -0.1) is 0 Å². The largest absolute Gasteiger partial charge is 0.371 e. The summed E-state index contributed by atoms with van der Waals surface area (Å²) in [6.45, 7) is 5.73. The smallest absolute Gasteiger partial charge is 0.170 e. The van der Waals surface area contributed by atoms with Crippen LogP contribution in [-0.4, -0.2) is 28.3 Å². The van der Waals surface area contributed by atoms with Crippen molar-refractivity contribution < 1.29 is 9.53 Å². The summed E-state index contributed by atoms with van der Waals surface area (Å²) in [5.41, 5.74) is 0.841. The first-order valence-corrected chi connectivity index (χ1v) is 6.56. The second-order valence-corrected chi connectivity index (χ2v) is 4.95. The summed E-state index contributed by atoms with van der Waals surface area (Å²) >= 11 is 6.23. The molecule has 0 N–H and O–H groups in total. The summed E-state index contributed by atoms with van der Waals surface area (Å²) in [4.78, 5) is 12.3. The predicted octanol–water partition coefficient (Wildman–Crippen LogP) is 2.56. The molecular weight excluding hydrogens is 252 g/mol. The number of rotatable bonds is 6. The van der Waals surface area contributed by atoms with Crippen molar-refractivity contribution in [3.8, 4) is 0 Å². The van der Waals surface area contributed by atoms with E-state index in [4.69, 9.17) is 16.3 Å². The van der Waals surface area contributed by atoms with Gasteiger partial charge in [0.05, 0.1) is 22.8 Å². The molecule has 5 heteroatoms. The number of methoxy groups -OCH3 is 1. The Kier molecular flexibility index (Phi) is 4.93. The second-order valence-electron chi connectivity index (χ2n) is 4.57. The molecule has 18 heavy (non-hydrogen) atoms. The second kappa shape index (κ2) is 5.85. The molecule has 0 aliphatic rings. The molecule has 102 valence electrons. The first-order chi connectivity index (χ1) is 8.39. The van der Waals surface area contributed by atoms with Crippen molar-refractivity contribution in [1.29, 1.82) is 0 Å². The van der Waals surface area contributed by atoms with Gasteiger partial charge in [0.25, 0.3) is 0 Å². The zero-order valence-electron chi connectivity index (χ0n) is 11.7. The standard InChI is InChI=1S/C13H21ClN2O2/c1-6-9-12(14)10(16(4)15-9)8-11(17)13(3,7-2)18-5/h6-8H2,1-5H3. The fraction of sp³-hybridized carbons (Fsp3) is 0.692. The molecule has 1 atom stereocenters. The molecule has 1 heterocycles. The summed E-state index contributed by atoms with van der Waals surface area (Å²) in [7, 11) is 3.37. The third kappa shape index (κ3) is 2.75. The van der Waals surface area contributed by atoms with E-state index in [0.29, 0.717) is 11.4 Å². The van der Waals surface area contributed by atoms with Gasteiger partial charge >= 0.3 is 0 Å². The average Bonchev–Trinajstić information content (AvgIpc) is 2.64. The van der Waals surface area contributed by atoms with E-state index in [1.54, 1.807) is 18.7 Å². The molecule has 0 aliphatic carbocycles. The van der Waals surface area contributed by atoms with Gasteiger partial charge in [-0.25, -0.2) is 0 Å². The van der Waals surface area contributed by atoms with Crippen LogP contribution in [0.2, 0.25) is 5.02 Å². The van der Waals surface area contributed by atoms with Gasteiger partial charge in [-0.2, -0.15) is 5.10 Å². The number of aryl methyl sites for hydroxylation is 2. The Labute approximate surface area is 113 Å². The Morgan fingerprint density at radius 2 is 2.11 bits per heavy atom. The maximum Gasteiger partial charge on any atom is 0.170 e. The number of ketones is 1. The van der Waals surface area contributed by atoms with Gasteiger partial charge in [0.2, 0.25) is 0 Å². The number of hydrogen-bond acceptors (Lipinski definition) is 3. The van der Waals surface area contributed by atoms with Gasteiger partial charge in [0.15, 0.2) is 5.78 Å². The van der Waals surface area contributed by atoms with Gasteiger partial charge in [-0.05, 0) is 19.8 Å². The van der Waals surface area contributed by atoms with Gasteiger partial charge in [-0.3, -0.25) is 9.48 Å². The number of hydrogen-bond donors (Lipinski definition) is 0. The van der Waals surface area contributed by atoms with Crippen molar-refractivity contribution in [3.05, 3.63) is 16.4 Å². The summed E-state index contributed by atoms with van der Waals surface area (Å²) in [6.07, 6.45) is 1.65. The minimum atomic E-state index is -0.750. The molecule has 0 saturated heterocycles. The maximum absolute atomic E-state index is 12.3. The summed E-state index contributed by atoms with van der Waals surface area (Å²) in [5, 5.41) is 4.91. The van der Waals surface area contributed by atoms with Crippen LogP contribution in [0.25, 0.3) is 0 Å². The summed E-state index contributed by atoms with van der Waals surface area (Å²) in [6, 6.07) is 0. The molecule has 0 aromatic carbocycles. The van der Waals surface area contributed by atoms with Crippen molar-refractivity contribution in [2.75, 3.05) is 7.11 Å². The van der Waals surface area contributed by atoms with Crippen LogP contribution in [0.4, 0.5) is 0 Å². The summed E-state index contributed by atoms with van der Waals surface area (Å²) < 4.78 is 7.00. The highest BCUT2D eigenvalue weighted by atomic mass is 35.5. The Morgan fingerprint density at radius 3 is 2.50 bits per heavy atom. The predicted molar refractivity (Wildman–Crippen MR) is 72.0 cm³/mol. The van der Waals surface area contributed by atoms with E-state index in [9.17, 15) is 4.79 Å². The molecule has 0 amide bonds. The molecule has 0 saturated carbocycles. The van der Waals surface area contributed by atoms with Crippen LogP contribution in [0.3, 0.4) is 0 Å². The Morgan fingerprint density at radius 1 is 1.50 bits per heavy atom. The lowest BCUT2D eigenvalue weighted by atomic mass is 9.94. The SMILES string of the molecule is CCc1nn(C)c(CC(=O)C(C)(CC)OC)c1Cl. The van der Waals surface area contributed by atoms with Crippen molar-refractivity contribution in [2.24, 2.45) is 7.05 Å². The highest BCUT2D eigenvalue weighted by molar-refractivity contribution is 6.32. The lowest BCUT2D eigenvalue weighted by molar-refractivity contribution is -0.138. The first-order valence-electron chi connectivity index (χ1n) is 6.18. The lowest BCUT2D eigenvalue weighted by Crippen LogP contribution is -2.38. The van der Waals surface area contributed by atoms with Crippen molar-refractivity contribution >= 4 is 17.4 Å². The van der Waals surface area contributed by atoms with E-state index >= 15 is 0 Å². The van der Waals surface area contributed by atoms with E-state index in [2.05, 4.69) is 5.10 Å². The molecule has 1 aromatic rings. The molecule has 0 aliphatic heterocycles. The van der Waals surface area contributed by atoms with Crippen molar-refractivity contribution in [3.63, 3.8) is 0 Å². The highest BCUT2D eigenvalue weighted by Crippen LogP contribution is 2.24. The number of ether oxygens (including phenoxy) is 1. The Hall–Kier alpha value is -0.870. The minimum absolute atomic E-state index is 0.0278. The van der Waals surface area contributed by atoms with E-state index in [1.807, 2.05) is 20.9 Å². The fourth-order valence-corrected chi connectivity index (χ4v) is 2.17. The first kappa shape index (κ1) is 15.2. The third-order valence-corrected chi connectivity index (χ3v) is 3.98. The van der Waals surface area contributed by atoms with Crippen LogP contribution in [-0.2, 0) is 29.4 Å². The number of carbonyl (C=O) groups is 1. The van der Waals surface area contributed by atoms with Crippen LogP contribution >= 0.6 is 11.6 Å². The number of nitrogens with zero attached hydrogens (tertiary/aromatic N) is 2. The average molecular weight is 273 g/mol. The molecule has 1 aromatic heterocycles. The quantitative estimate of drug-likeness (QED) is 0.799. The zero-order chi connectivity index (χ0) is 13.9. The molecule has 0 spiro atoms. The van der Waals surface area contributed by atoms with Crippen LogP contribution in [0.5, 0.6) is 0 Å². The van der Waals surface area contributed by atoms with Crippen LogP contribution in [0.15, 0.2) is 0 Å². The van der Waals surface area contributed by atoms with Crippen LogP contribution in [0, 0.1) is 0 Å². The zero-order valence-corrected chi connectivity index (χ0v) is 12.5. The normalized spacial score (nSPS) is 14.6. The number of aromatic nitrogens is 2. The van der Waals surface area contributed by atoms with E-state index < -0.39 is 5.60 Å². The number of halogens is 1. The van der Waals surface area contributed by atoms with Gasteiger partial charge < -0.3 is 4.74 Å². The Bertz CT molecular complexity index is 436. The Balaban J connectivity index is 2.98. The van der Waals surface area contributed by atoms with Crippen LogP contribution in [0.1, 0.15) is 38.6 Å². The monoisotopic (exact) mass is 272 g/mol. The molecule has 1 rings (SSSR count). The number of Topliss-reactive ketones (excluding diaryl/α,β-unsaturated/α-hetero) is 1. The fourth-order valence-electron chi connectivity index (χ4n) is 1.81. The number of carbonyl (C=O) groups excluding carboxylic acids is 1. The van der Waals surface area contributed by atoms with E-state index in [0.717, 1.165) is 17.8 Å². The molecular formula is C13H21ClN2O2. The topological polar surface area (TPSA) is 44.1 Å². The van der Waals surface area contributed by atoms with Crippen molar-refractivity contribution in [1.82, 2.24) is 9.78 Å². The third-order valence-electron chi connectivity index (χ3n) is 3.55. The van der Waals surface area contributed by atoms with E-state index in [1.165, 1.54) is 0 Å². The van der Waals surface area contributed by atoms with Gasteiger partial charge in [0.1, 0.15) is 5.60 Å². The molecule has 0 bridgehead atoms. The highest BCUT2D eigenvalue weighted by Gasteiger charge is 2.32. The lowest BCUT2D eigenvalue weighted by Gasteiger charge is -2.24. The molecule has 4 nitrogen and oxygen atoms in total. The maximum atomic E-state index is 12.3. The molecule has 1 unspecified atom stereocenters. The molecule has 0 radical (unpaired) electrons. The summed E-state index contributed by atoms with van der Waals surface area (Å²) in [5.74, 6) is 0.0278. The van der Waals surface area contributed by atoms with Crippen LogP contribution < -0.4 is 0 Å². The van der Waals surface area contributed by atoms with Crippen molar-refractivity contribution in [2.45, 2.75) is 45.6 Å². The minimum Gasteiger partial charge on any atom is -0.371 e. The van der Waals surface area contributed by atoms with Gasteiger partial charge in [-0.1, -0.05) is 25.4 Å².